The standard InChI is InChI=1S/C23H25N5O4S/c1-12-6-18-14(22(29)31-12)4-5-19(27-18)28-20-7-15-16(8-25-20)21(32-13-10-33(30)11-13)26-9-17(15)23(2,3)24/h4-5,7-9,12-13H,6,10-11,24H2,1-3H3,(H,25,27,28). The number of esters is 1. The summed E-state index contributed by atoms with van der Waals surface area (Å²) in [4.78, 5) is 25.7. The first-order chi connectivity index (χ1) is 15.7. The molecule has 0 bridgehead atoms. The van der Waals surface area contributed by atoms with Crippen LogP contribution >= 0.6 is 0 Å². The fourth-order valence-corrected chi connectivity index (χ4v) is 4.85. The van der Waals surface area contributed by atoms with Crippen molar-refractivity contribution in [1.29, 1.82) is 0 Å². The number of carbonyl (C=O) groups is 1. The molecule has 1 atom stereocenters. The molecule has 9 nitrogen and oxygen atoms in total. The zero-order chi connectivity index (χ0) is 23.3. The number of rotatable bonds is 5. The van der Waals surface area contributed by atoms with E-state index >= 15 is 0 Å². The number of hydrogen-bond donors (Lipinski definition) is 2. The molecule has 2 aliphatic rings. The van der Waals surface area contributed by atoms with E-state index in [-0.39, 0.29) is 18.2 Å². The third kappa shape index (κ3) is 4.28. The minimum Gasteiger partial charge on any atom is -0.472 e. The van der Waals surface area contributed by atoms with E-state index in [9.17, 15) is 9.00 Å². The molecule has 5 rings (SSSR count). The molecule has 172 valence electrons. The monoisotopic (exact) mass is 467 g/mol. The lowest BCUT2D eigenvalue weighted by molar-refractivity contribution is 0.0297. The molecule has 0 amide bonds. The lowest BCUT2D eigenvalue weighted by Gasteiger charge is -2.27. The van der Waals surface area contributed by atoms with Crippen molar-refractivity contribution in [3.05, 3.63) is 47.4 Å². The molecular weight excluding hydrogens is 442 g/mol. The first-order valence-electron chi connectivity index (χ1n) is 10.7. The first-order valence-corrected chi connectivity index (χ1v) is 12.2. The van der Waals surface area contributed by atoms with Crippen molar-refractivity contribution in [2.45, 2.75) is 44.9 Å². The normalized spacial score (nSPS) is 22.3. The van der Waals surface area contributed by atoms with Gasteiger partial charge in [0.25, 0.3) is 0 Å². The number of hydrogen-bond acceptors (Lipinski definition) is 9. The number of fused-ring (bicyclic) bond motifs is 2. The van der Waals surface area contributed by atoms with Gasteiger partial charge in [-0.25, -0.2) is 19.7 Å². The molecule has 0 saturated carbocycles. The van der Waals surface area contributed by atoms with E-state index in [1.165, 1.54) is 0 Å². The minimum absolute atomic E-state index is 0.107. The highest BCUT2D eigenvalue weighted by Gasteiger charge is 2.29. The molecule has 1 unspecified atom stereocenters. The number of aromatic nitrogens is 3. The Balaban J connectivity index is 1.50. The molecule has 0 aromatic carbocycles. The summed E-state index contributed by atoms with van der Waals surface area (Å²) in [5.74, 6) is 2.29. The van der Waals surface area contributed by atoms with E-state index in [2.05, 4.69) is 20.3 Å². The summed E-state index contributed by atoms with van der Waals surface area (Å²) in [6, 6.07) is 5.34. The van der Waals surface area contributed by atoms with Crippen LogP contribution in [0.15, 0.2) is 30.6 Å². The predicted molar refractivity (Wildman–Crippen MR) is 125 cm³/mol. The molecule has 1 fully saturated rings. The van der Waals surface area contributed by atoms with Gasteiger partial charge in [0.15, 0.2) is 0 Å². The average Bonchev–Trinajstić information content (AvgIpc) is 2.71. The summed E-state index contributed by atoms with van der Waals surface area (Å²) in [5.41, 5.74) is 7.82. The van der Waals surface area contributed by atoms with Crippen molar-refractivity contribution in [3.63, 3.8) is 0 Å². The third-order valence-corrected chi connectivity index (χ3v) is 7.18. The molecule has 10 heteroatoms. The van der Waals surface area contributed by atoms with Gasteiger partial charge in [-0.05, 0) is 49.9 Å². The zero-order valence-electron chi connectivity index (χ0n) is 18.6. The maximum atomic E-state index is 12.1. The maximum Gasteiger partial charge on any atom is 0.340 e. The largest absolute Gasteiger partial charge is 0.472 e. The van der Waals surface area contributed by atoms with Crippen LogP contribution in [0.5, 0.6) is 5.88 Å². The SMILES string of the molecule is CC1Cc2nc(Nc3cc4c(C(C)(C)N)cnc(OC5CS(=O)C5)c4cn3)ccc2C(=O)O1. The van der Waals surface area contributed by atoms with E-state index in [1.54, 1.807) is 24.5 Å². The van der Waals surface area contributed by atoms with Gasteiger partial charge in [0, 0.05) is 35.2 Å². The second kappa shape index (κ2) is 8.03. The summed E-state index contributed by atoms with van der Waals surface area (Å²) in [6.45, 7) is 5.67. The zero-order valence-corrected chi connectivity index (χ0v) is 19.4. The van der Waals surface area contributed by atoms with Crippen LogP contribution in [0.4, 0.5) is 11.6 Å². The lowest BCUT2D eigenvalue weighted by Crippen LogP contribution is -2.41. The van der Waals surface area contributed by atoms with Gasteiger partial charge < -0.3 is 20.5 Å². The van der Waals surface area contributed by atoms with Gasteiger partial charge in [-0.15, -0.1) is 0 Å². The lowest BCUT2D eigenvalue weighted by atomic mass is 9.93. The van der Waals surface area contributed by atoms with Gasteiger partial charge in [0.1, 0.15) is 23.8 Å². The summed E-state index contributed by atoms with van der Waals surface area (Å²) < 4.78 is 22.7. The smallest absolute Gasteiger partial charge is 0.340 e. The molecule has 33 heavy (non-hydrogen) atoms. The number of cyclic esters (lactones) is 1. The highest BCUT2D eigenvalue weighted by atomic mass is 32.2. The summed E-state index contributed by atoms with van der Waals surface area (Å²) in [6.07, 6.45) is 3.67. The fourth-order valence-electron chi connectivity index (χ4n) is 3.98. The van der Waals surface area contributed by atoms with Crippen molar-refractivity contribution in [2.24, 2.45) is 5.73 Å². The van der Waals surface area contributed by atoms with Gasteiger partial charge >= 0.3 is 5.97 Å². The van der Waals surface area contributed by atoms with Crippen molar-refractivity contribution in [2.75, 3.05) is 16.8 Å². The molecule has 0 radical (unpaired) electrons. The van der Waals surface area contributed by atoms with Crippen molar-refractivity contribution in [1.82, 2.24) is 15.0 Å². The van der Waals surface area contributed by atoms with Crippen LogP contribution < -0.4 is 15.8 Å². The second-order valence-corrected chi connectivity index (χ2v) is 10.6. The molecule has 3 aromatic rings. The fraction of sp³-hybridized carbons (Fsp3) is 0.391. The Labute approximate surface area is 193 Å². The Bertz CT molecular complexity index is 1280. The van der Waals surface area contributed by atoms with E-state index in [1.807, 2.05) is 26.8 Å². The number of ether oxygens (including phenoxy) is 2. The van der Waals surface area contributed by atoms with Crippen LogP contribution in [0.2, 0.25) is 0 Å². The molecule has 0 spiro atoms. The Morgan fingerprint density at radius 3 is 2.70 bits per heavy atom. The average molecular weight is 468 g/mol. The molecule has 3 N–H and O–H groups in total. The second-order valence-electron chi connectivity index (χ2n) is 9.06. The van der Waals surface area contributed by atoms with Gasteiger partial charge in [-0.1, -0.05) is 0 Å². The van der Waals surface area contributed by atoms with Crippen LogP contribution in [-0.2, 0) is 27.5 Å². The van der Waals surface area contributed by atoms with Gasteiger partial charge in [-0.3, -0.25) is 4.21 Å². The minimum atomic E-state index is -0.814. The number of anilines is 2. The van der Waals surface area contributed by atoms with Crippen molar-refractivity contribution < 1.29 is 18.5 Å². The van der Waals surface area contributed by atoms with E-state index < -0.39 is 16.3 Å². The van der Waals surface area contributed by atoms with Crippen molar-refractivity contribution in [3.8, 4) is 5.88 Å². The highest BCUT2D eigenvalue weighted by Crippen LogP contribution is 2.34. The van der Waals surface area contributed by atoms with Gasteiger partial charge in [-0.2, -0.15) is 0 Å². The van der Waals surface area contributed by atoms with Gasteiger partial charge in [0.2, 0.25) is 5.88 Å². The number of pyridine rings is 3. The predicted octanol–water partition coefficient (Wildman–Crippen LogP) is 2.57. The van der Waals surface area contributed by atoms with E-state index in [0.29, 0.717) is 46.7 Å². The number of carbonyl (C=O) groups excluding carboxylic acids is 1. The maximum absolute atomic E-state index is 12.1. The molecule has 1 saturated heterocycles. The third-order valence-electron chi connectivity index (χ3n) is 5.69. The Hall–Kier alpha value is -3.11. The Kier molecular flexibility index (Phi) is 5.29. The van der Waals surface area contributed by atoms with E-state index in [4.69, 9.17) is 15.2 Å². The van der Waals surface area contributed by atoms with Crippen LogP contribution in [-0.4, -0.2) is 48.8 Å². The first kappa shape index (κ1) is 21.7. The number of nitrogens with one attached hydrogen (secondary N) is 1. The number of nitrogens with zero attached hydrogens (tertiary/aromatic N) is 3. The Morgan fingerprint density at radius 1 is 1.18 bits per heavy atom. The summed E-state index contributed by atoms with van der Waals surface area (Å²) >= 11 is 0. The Morgan fingerprint density at radius 2 is 1.97 bits per heavy atom. The molecule has 3 aromatic heterocycles. The number of nitrogens with two attached hydrogens (primary N) is 1. The van der Waals surface area contributed by atoms with Crippen LogP contribution in [0.25, 0.3) is 10.8 Å². The van der Waals surface area contributed by atoms with Crippen LogP contribution in [0, 0.1) is 0 Å². The summed E-state index contributed by atoms with van der Waals surface area (Å²) in [7, 11) is -0.814. The van der Waals surface area contributed by atoms with Crippen molar-refractivity contribution >= 4 is 39.2 Å². The molecule has 2 aliphatic heterocycles. The summed E-state index contributed by atoms with van der Waals surface area (Å²) in [5, 5.41) is 4.83. The van der Waals surface area contributed by atoms with Crippen LogP contribution in [0.3, 0.4) is 0 Å². The molecule has 5 heterocycles. The quantitative estimate of drug-likeness (QED) is 0.544. The van der Waals surface area contributed by atoms with Gasteiger partial charge in [0.05, 0.1) is 28.1 Å². The highest BCUT2D eigenvalue weighted by molar-refractivity contribution is 7.86. The topological polar surface area (TPSA) is 129 Å². The molecule has 0 aliphatic carbocycles. The van der Waals surface area contributed by atoms with E-state index in [0.717, 1.165) is 16.3 Å². The van der Waals surface area contributed by atoms with Crippen LogP contribution in [0.1, 0.15) is 42.4 Å². The molecular formula is C23H25N5O4S.